The van der Waals surface area contributed by atoms with E-state index in [0.717, 1.165) is 5.71 Å². The molecule has 0 aromatic rings. The minimum absolute atomic E-state index is 0.225. The molecule has 0 saturated carbocycles. The van der Waals surface area contributed by atoms with E-state index in [4.69, 9.17) is 5.53 Å². The molecule has 1 heterocycles. The summed E-state index contributed by atoms with van der Waals surface area (Å²) in [5.41, 5.74) is 9.22. The lowest BCUT2D eigenvalue weighted by Crippen LogP contribution is -1.90. The van der Waals surface area contributed by atoms with Crippen LogP contribution in [0.5, 0.6) is 0 Å². The van der Waals surface area contributed by atoms with Crippen LogP contribution in [0.3, 0.4) is 0 Å². The lowest BCUT2D eigenvalue weighted by atomic mass is 10.3. The smallest absolute Gasteiger partial charge is 0.0896 e. The van der Waals surface area contributed by atoms with Gasteiger partial charge < -0.3 is 0 Å². The molecule has 4 nitrogen and oxygen atoms in total. The molecular weight excluding hydrogens is 116 g/mol. The number of aliphatic imine (C=N–C) groups is 1. The van der Waals surface area contributed by atoms with Gasteiger partial charge in [0.25, 0.3) is 0 Å². The Morgan fingerprint density at radius 2 is 2.56 bits per heavy atom. The van der Waals surface area contributed by atoms with Crippen LogP contribution in [-0.4, -0.2) is 11.8 Å². The van der Waals surface area contributed by atoms with Crippen molar-refractivity contribution in [3.8, 4) is 0 Å². The summed E-state index contributed by atoms with van der Waals surface area (Å²) in [5, 5.41) is 3.29. The van der Waals surface area contributed by atoms with Gasteiger partial charge in [0.05, 0.1) is 17.5 Å². The van der Waals surface area contributed by atoms with E-state index in [2.05, 4.69) is 21.6 Å². The van der Waals surface area contributed by atoms with Crippen LogP contribution in [0.25, 0.3) is 10.4 Å². The van der Waals surface area contributed by atoms with Crippen LogP contribution in [0.15, 0.2) is 22.4 Å². The number of hydrogen-bond acceptors (Lipinski definition) is 2. The summed E-state index contributed by atoms with van der Waals surface area (Å²) in [7, 11) is 0. The highest BCUT2D eigenvalue weighted by Crippen LogP contribution is 2.17. The zero-order chi connectivity index (χ0) is 6.85. The quantitative estimate of drug-likeness (QED) is 0.304. The van der Waals surface area contributed by atoms with Gasteiger partial charge in [-0.1, -0.05) is 11.7 Å². The van der Waals surface area contributed by atoms with Crippen molar-refractivity contribution < 1.29 is 0 Å². The largest absolute Gasteiger partial charge is 0.278 e. The maximum absolute atomic E-state index is 7.94. The third kappa shape index (κ3) is 1.09. The molecule has 1 atom stereocenters. The average Bonchev–Trinajstić information content (AvgIpc) is 2.47. The first-order valence-electron chi connectivity index (χ1n) is 2.57. The Bertz CT molecular complexity index is 221. The predicted octanol–water partition coefficient (Wildman–Crippen LogP) is 1.65. The third-order valence-electron chi connectivity index (χ3n) is 1.12. The summed E-state index contributed by atoms with van der Waals surface area (Å²) in [4.78, 5) is 6.50. The standard InChI is InChI=1S/C5H6N4/c1-3-5(7-3)4(2)8-9-6/h3H,2H2,1H3. The van der Waals surface area contributed by atoms with Crippen LogP contribution in [0.2, 0.25) is 0 Å². The van der Waals surface area contributed by atoms with Gasteiger partial charge in [-0.15, -0.1) is 0 Å². The summed E-state index contributed by atoms with van der Waals surface area (Å²) in [5.74, 6) is 0. The van der Waals surface area contributed by atoms with Crippen molar-refractivity contribution in [3.05, 3.63) is 22.7 Å². The van der Waals surface area contributed by atoms with Gasteiger partial charge in [-0.3, -0.25) is 4.99 Å². The van der Waals surface area contributed by atoms with Crippen LogP contribution < -0.4 is 0 Å². The molecule has 0 saturated heterocycles. The molecule has 0 spiro atoms. The summed E-state index contributed by atoms with van der Waals surface area (Å²) in [6.45, 7) is 5.43. The second kappa shape index (κ2) is 1.91. The maximum atomic E-state index is 7.94. The van der Waals surface area contributed by atoms with Crippen molar-refractivity contribution in [2.75, 3.05) is 0 Å². The molecule has 0 aliphatic carbocycles. The van der Waals surface area contributed by atoms with Crippen molar-refractivity contribution >= 4 is 5.71 Å². The van der Waals surface area contributed by atoms with Crippen molar-refractivity contribution in [1.29, 1.82) is 0 Å². The minimum atomic E-state index is 0.225. The van der Waals surface area contributed by atoms with Gasteiger partial charge >= 0.3 is 0 Å². The van der Waals surface area contributed by atoms with Gasteiger partial charge in [-0.2, -0.15) is 0 Å². The van der Waals surface area contributed by atoms with E-state index in [1.165, 1.54) is 0 Å². The van der Waals surface area contributed by atoms with E-state index in [-0.39, 0.29) is 6.04 Å². The maximum Gasteiger partial charge on any atom is 0.0896 e. The Kier molecular flexibility index (Phi) is 1.24. The van der Waals surface area contributed by atoms with Gasteiger partial charge in [0.2, 0.25) is 0 Å². The van der Waals surface area contributed by atoms with Gasteiger partial charge in [0, 0.05) is 4.91 Å². The molecule has 9 heavy (non-hydrogen) atoms. The SMILES string of the molecule is C=C(N=[N+]=[N-])C1=NC1C. The lowest BCUT2D eigenvalue weighted by Gasteiger charge is -1.81. The highest BCUT2D eigenvalue weighted by molar-refractivity contribution is 6.12. The Morgan fingerprint density at radius 1 is 2.00 bits per heavy atom. The van der Waals surface area contributed by atoms with Gasteiger partial charge in [0.1, 0.15) is 0 Å². The van der Waals surface area contributed by atoms with Crippen LogP contribution >= 0.6 is 0 Å². The molecule has 0 N–H and O–H groups in total. The zero-order valence-electron chi connectivity index (χ0n) is 5.07. The zero-order valence-corrected chi connectivity index (χ0v) is 5.07. The van der Waals surface area contributed by atoms with Crippen LogP contribution in [0.4, 0.5) is 0 Å². The van der Waals surface area contributed by atoms with E-state index in [9.17, 15) is 0 Å². The van der Waals surface area contributed by atoms with E-state index < -0.39 is 0 Å². The number of azide groups is 1. The fourth-order valence-electron chi connectivity index (χ4n) is 0.592. The van der Waals surface area contributed by atoms with Crippen LogP contribution in [-0.2, 0) is 0 Å². The van der Waals surface area contributed by atoms with E-state index in [1.807, 2.05) is 6.92 Å². The molecule has 0 fully saturated rings. The van der Waals surface area contributed by atoms with Crippen LogP contribution in [0.1, 0.15) is 6.92 Å². The molecule has 0 aromatic heterocycles. The van der Waals surface area contributed by atoms with Crippen LogP contribution in [0, 0.1) is 0 Å². The molecule has 1 rings (SSSR count). The number of rotatable bonds is 2. The van der Waals surface area contributed by atoms with Gasteiger partial charge in [0.15, 0.2) is 0 Å². The van der Waals surface area contributed by atoms with E-state index >= 15 is 0 Å². The number of nitrogens with zero attached hydrogens (tertiary/aromatic N) is 4. The molecule has 46 valence electrons. The fraction of sp³-hybridized carbons (Fsp3) is 0.400. The van der Waals surface area contributed by atoms with Gasteiger partial charge in [-0.05, 0) is 12.5 Å². The molecule has 0 aromatic carbocycles. The van der Waals surface area contributed by atoms with Crippen molar-refractivity contribution in [1.82, 2.24) is 0 Å². The van der Waals surface area contributed by atoms with Gasteiger partial charge in [-0.25, -0.2) is 0 Å². The topological polar surface area (TPSA) is 61.1 Å². The van der Waals surface area contributed by atoms with E-state index in [1.54, 1.807) is 0 Å². The molecule has 0 amide bonds. The molecule has 1 aliphatic rings. The molecule has 1 aliphatic heterocycles. The second-order valence-electron chi connectivity index (χ2n) is 1.83. The van der Waals surface area contributed by atoms with Crippen molar-refractivity contribution in [2.24, 2.45) is 10.1 Å². The molecule has 0 bridgehead atoms. The summed E-state index contributed by atoms with van der Waals surface area (Å²) >= 11 is 0. The normalized spacial score (nSPS) is 21.9. The Labute approximate surface area is 52.5 Å². The Morgan fingerprint density at radius 3 is 2.89 bits per heavy atom. The fourth-order valence-corrected chi connectivity index (χ4v) is 0.592. The lowest BCUT2D eigenvalue weighted by molar-refractivity contribution is 1.14. The average molecular weight is 122 g/mol. The third-order valence-corrected chi connectivity index (χ3v) is 1.12. The van der Waals surface area contributed by atoms with Crippen molar-refractivity contribution in [2.45, 2.75) is 13.0 Å². The Hall–Kier alpha value is -1.28. The van der Waals surface area contributed by atoms with E-state index in [0.29, 0.717) is 5.70 Å². The second-order valence-corrected chi connectivity index (χ2v) is 1.83. The predicted molar refractivity (Wildman–Crippen MR) is 35.2 cm³/mol. The Balaban J connectivity index is 2.56. The summed E-state index contributed by atoms with van der Waals surface area (Å²) in [6.07, 6.45) is 0. The highest BCUT2D eigenvalue weighted by Gasteiger charge is 2.23. The molecule has 4 heteroatoms. The molecule has 1 unspecified atom stereocenters. The molecule has 0 radical (unpaired) electrons. The first-order chi connectivity index (χ1) is 4.25. The summed E-state index contributed by atoms with van der Waals surface area (Å²) in [6, 6.07) is 0.225. The first kappa shape index (κ1) is 5.85. The monoisotopic (exact) mass is 122 g/mol. The highest BCUT2D eigenvalue weighted by atomic mass is 15.2. The summed E-state index contributed by atoms with van der Waals surface area (Å²) < 4.78 is 0. The first-order valence-corrected chi connectivity index (χ1v) is 2.57. The van der Waals surface area contributed by atoms with Crippen molar-refractivity contribution in [3.63, 3.8) is 0 Å². The molecular formula is C5H6N4. The number of hydrogen-bond donors (Lipinski definition) is 0. The minimum Gasteiger partial charge on any atom is -0.278 e.